The van der Waals surface area contributed by atoms with E-state index in [1.54, 1.807) is 14.0 Å². The molecule has 4 fully saturated rings. The van der Waals surface area contributed by atoms with Crippen molar-refractivity contribution < 1.29 is 23.8 Å². The van der Waals surface area contributed by atoms with Crippen molar-refractivity contribution in [2.75, 3.05) is 13.9 Å². The number of carbonyl (C=O) groups is 2. The predicted octanol–water partition coefficient (Wildman–Crippen LogP) is 6.06. The number of methoxy groups -OCH3 is 1. The third-order valence-electron chi connectivity index (χ3n) is 10.8. The van der Waals surface area contributed by atoms with Crippen molar-refractivity contribution in [3.63, 3.8) is 0 Å². The van der Waals surface area contributed by atoms with Crippen molar-refractivity contribution in [2.45, 2.75) is 84.3 Å². The maximum absolute atomic E-state index is 13.0. The Labute approximate surface area is 210 Å². The number of Topliss-reactive ketones (excluding diaryl/α,β-unsaturated/α-hetero) is 1. The van der Waals surface area contributed by atoms with Crippen LogP contribution in [-0.4, -0.2) is 37.9 Å². The molecule has 0 spiro atoms. The highest BCUT2D eigenvalue weighted by Crippen LogP contribution is 2.67. The van der Waals surface area contributed by atoms with Gasteiger partial charge in [-0.15, -0.1) is 0 Å². The third-order valence-corrected chi connectivity index (χ3v) is 10.8. The Morgan fingerprint density at radius 2 is 1.69 bits per heavy atom. The average molecular weight is 483 g/mol. The van der Waals surface area contributed by atoms with E-state index in [0.717, 1.165) is 25.7 Å². The number of fused-ring (bicyclic) bond motifs is 5. The summed E-state index contributed by atoms with van der Waals surface area (Å²) in [5.74, 6) is 2.83. The first-order valence-electron chi connectivity index (χ1n) is 13.6. The van der Waals surface area contributed by atoms with Gasteiger partial charge in [0.15, 0.2) is 0 Å². The highest BCUT2D eigenvalue weighted by atomic mass is 16.7. The largest absolute Gasteiger partial charge is 0.456 e. The van der Waals surface area contributed by atoms with E-state index in [2.05, 4.69) is 13.8 Å². The maximum Gasteiger partial charge on any atom is 0.338 e. The van der Waals surface area contributed by atoms with E-state index >= 15 is 0 Å². The molecular weight excluding hydrogens is 440 g/mol. The van der Waals surface area contributed by atoms with Crippen LogP contribution in [-0.2, 0) is 19.0 Å². The molecule has 5 rings (SSSR count). The fourth-order valence-electron chi connectivity index (χ4n) is 9.13. The van der Waals surface area contributed by atoms with E-state index in [4.69, 9.17) is 14.2 Å². The van der Waals surface area contributed by atoms with Crippen LogP contribution in [0.2, 0.25) is 0 Å². The molecule has 0 heterocycles. The summed E-state index contributed by atoms with van der Waals surface area (Å²) in [6, 6.07) is 9.27. The summed E-state index contributed by atoms with van der Waals surface area (Å²) >= 11 is 0. The highest BCUT2D eigenvalue weighted by molar-refractivity contribution is 5.89. The number of esters is 1. The average Bonchev–Trinajstić information content (AvgIpc) is 3.20. The van der Waals surface area contributed by atoms with E-state index in [0.29, 0.717) is 35.0 Å². The van der Waals surface area contributed by atoms with Gasteiger partial charge in [0.1, 0.15) is 18.7 Å². The van der Waals surface area contributed by atoms with E-state index in [9.17, 15) is 9.59 Å². The zero-order valence-electron chi connectivity index (χ0n) is 21.8. The lowest BCUT2D eigenvalue weighted by Gasteiger charge is -2.61. The van der Waals surface area contributed by atoms with E-state index in [1.165, 1.54) is 25.7 Å². The zero-order valence-corrected chi connectivity index (χ0v) is 21.8. The molecule has 9 unspecified atom stereocenters. The van der Waals surface area contributed by atoms with Gasteiger partial charge in [-0.05, 0) is 105 Å². The number of rotatable bonds is 6. The normalized spacial score (nSPS) is 42.5. The van der Waals surface area contributed by atoms with Gasteiger partial charge >= 0.3 is 5.97 Å². The van der Waals surface area contributed by atoms with E-state index in [1.807, 2.05) is 30.3 Å². The molecule has 0 bridgehead atoms. The molecule has 192 valence electrons. The molecular formula is C30H42O5. The molecule has 35 heavy (non-hydrogen) atoms. The minimum Gasteiger partial charge on any atom is -0.456 e. The zero-order chi connectivity index (χ0) is 24.8. The van der Waals surface area contributed by atoms with Gasteiger partial charge in [-0.1, -0.05) is 32.0 Å². The first-order valence-corrected chi connectivity index (χ1v) is 13.6. The Morgan fingerprint density at radius 1 is 0.943 bits per heavy atom. The first kappa shape index (κ1) is 25.0. The lowest BCUT2D eigenvalue weighted by atomic mass is 9.44. The molecule has 1 aromatic rings. The Hall–Kier alpha value is -1.72. The minimum absolute atomic E-state index is 0.118. The Morgan fingerprint density at radius 3 is 2.40 bits per heavy atom. The molecule has 5 heteroatoms. The smallest absolute Gasteiger partial charge is 0.338 e. The van der Waals surface area contributed by atoms with Gasteiger partial charge in [-0.3, -0.25) is 4.79 Å². The number of hydrogen-bond donors (Lipinski definition) is 0. The van der Waals surface area contributed by atoms with Gasteiger partial charge in [-0.2, -0.15) is 0 Å². The van der Waals surface area contributed by atoms with E-state index in [-0.39, 0.29) is 41.7 Å². The van der Waals surface area contributed by atoms with Crippen LogP contribution in [0.3, 0.4) is 0 Å². The predicted molar refractivity (Wildman–Crippen MR) is 134 cm³/mol. The summed E-state index contributed by atoms with van der Waals surface area (Å²) < 4.78 is 17.5. The summed E-state index contributed by atoms with van der Waals surface area (Å²) in [5, 5.41) is 0. The summed E-state index contributed by atoms with van der Waals surface area (Å²) in [6.45, 7) is 6.88. The third kappa shape index (κ3) is 4.27. The molecule has 0 amide bonds. The number of benzene rings is 1. The molecule has 4 aliphatic carbocycles. The van der Waals surface area contributed by atoms with Gasteiger partial charge < -0.3 is 14.2 Å². The van der Waals surface area contributed by atoms with Crippen molar-refractivity contribution in [3.8, 4) is 0 Å². The van der Waals surface area contributed by atoms with Crippen LogP contribution in [0.15, 0.2) is 30.3 Å². The van der Waals surface area contributed by atoms with Gasteiger partial charge in [0.05, 0.1) is 11.7 Å². The van der Waals surface area contributed by atoms with Gasteiger partial charge in [-0.25, -0.2) is 4.79 Å². The van der Waals surface area contributed by atoms with Gasteiger partial charge in [0.25, 0.3) is 0 Å². The van der Waals surface area contributed by atoms with Crippen LogP contribution >= 0.6 is 0 Å². The summed E-state index contributed by atoms with van der Waals surface area (Å²) in [5.41, 5.74) is 0.864. The second-order valence-corrected chi connectivity index (χ2v) is 12.3. The molecule has 1 aromatic carbocycles. The summed E-state index contributed by atoms with van der Waals surface area (Å²) in [6.07, 6.45) is 8.35. The van der Waals surface area contributed by atoms with Crippen molar-refractivity contribution in [2.24, 2.45) is 40.4 Å². The van der Waals surface area contributed by atoms with Crippen LogP contribution in [0.25, 0.3) is 0 Å². The van der Waals surface area contributed by atoms with Crippen molar-refractivity contribution in [1.29, 1.82) is 0 Å². The first-order chi connectivity index (χ1) is 16.8. The topological polar surface area (TPSA) is 61.8 Å². The second-order valence-electron chi connectivity index (χ2n) is 12.3. The molecule has 0 aliphatic heterocycles. The van der Waals surface area contributed by atoms with Crippen molar-refractivity contribution in [3.05, 3.63) is 35.9 Å². The van der Waals surface area contributed by atoms with E-state index < -0.39 is 0 Å². The molecule has 5 nitrogen and oxygen atoms in total. The number of ether oxygens (including phenoxy) is 3. The number of ketones is 1. The number of carbonyl (C=O) groups excluding carboxylic acids is 2. The lowest BCUT2D eigenvalue weighted by Crippen LogP contribution is -2.57. The standard InChI is InChI=1S/C30H42O5/c1-19(31)23-12-13-24-22-11-10-21-16-26(34-18-33-4)27(35-28(32)20-8-6-5-7-9-20)17-30(21,3)25(22)14-15-29(23,24)2/h5-9,21-27H,10-18H2,1-4H3. The highest BCUT2D eigenvalue weighted by Gasteiger charge is 2.62. The quantitative estimate of drug-likeness (QED) is 0.364. The molecule has 9 atom stereocenters. The number of hydrogen-bond acceptors (Lipinski definition) is 5. The van der Waals surface area contributed by atoms with Crippen molar-refractivity contribution in [1.82, 2.24) is 0 Å². The Kier molecular flexibility index (Phi) is 6.86. The Balaban J connectivity index is 1.38. The molecule has 4 saturated carbocycles. The summed E-state index contributed by atoms with van der Waals surface area (Å²) in [4.78, 5) is 25.5. The minimum atomic E-state index is -0.278. The fraction of sp³-hybridized carbons (Fsp3) is 0.733. The van der Waals surface area contributed by atoms with Crippen LogP contribution in [0.5, 0.6) is 0 Å². The molecule has 4 aliphatic rings. The van der Waals surface area contributed by atoms with Crippen molar-refractivity contribution >= 4 is 11.8 Å². The van der Waals surface area contributed by atoms with Crippen LogP contribution in [0.4, 0.5) is 0 Å². The van der Waals surface area contributed by atoms with Crippen LogP contribution in [0.1, 0.15) is 82.5 Å². The molecule has 0 aromatic heterocycles. The lowest BCUT2D eigenvalue weighted by molar-refractivity contribution is -0.190. The maximum atomic E-state index is 13.0. The van der Waals surface area contributed by atoms with Crippen LogP contribution < -0.4 is 0 Å². The monoisotopic (exact) mass is 482 g/mol. The van der Waals surface area contributed by atoms with Crippen LogP contribution in [0, 0.1) is 40.4 Å². The molecule has 0 saturated heterocycles. The molecule has 0 radical (unpaired) electrons. The SMILES string of the molecule is COCOC1CC2CCC3C(CCC4(C)C(C(C)=O)CCC34)C2(C)CC1OC(=O)c1ccccc1. The second kappa shape index (κ2) is 9.63. The Bertz CT molecular complexity index is 930. The van der Waals surface area contributed by atoms with Gasteiger partial charge in [0.2, 0.25) is 0 Å². The molecule has 0 N–H and O–H groups in total. The summed E-state index contributed by atoms with van der Waals surface area (Å²) in [7, 11) is 1.64. The fourth-order valence-corrected chi connectivity index (χ4v) is 9.13. The van der Waals surface area contributed by atoms with Gasteiger partial charge in [0, 0.05) is 13.0 Å².